The number of carbonyl (C=O) groups is 1. The second kappa shape index (κ2) is 6.62. The van der Waals surface area contributed by atoms with Gasteiger partial charge >= 0.3 is 6.09 Å². The molecule has 1 amide bonds. The molecule has 0 aromatic heterocycles. The lowest BCUT2D eigenvalue weighted by Crippen LogP contribution is -2.31. The Morgan fingerprint density at radius 2 is 2.50 bits per heavy atom. The number of amides is 1. The summed E-state index contributed by atoms with van der Waals surface area (Å²) < 4.78 is 4.81. The molecular weight excluding hydrogens is 184 g/mol. The summed E-state index contributed by atoms with van der Waals surface area (Å²) in [5, 5.41) is 14.4. The molecule has 14 heavy (non-hydrogen) atoms. The minimum Gasteiger partial charge on any atom is -0.449 e. The van der Waals surface area contributed by atoms with Crippen molar-refractivity contribution in [1.82, 2.24) is 10.6 Å². The number of alkyl carbamates (subject to hydrolysis) is 1. The normalized spacial score (nSPS) is 20.8. The zero-order valence-electron chi connectivity index (χ0n) is 8.29. The minimum absolute atomic E-state index is 0.0554. The van der Waals surface area contributed by atoms with Gasteiger partial charge in [0.1, 0.15) is 0 Å². The molecule has 5 heteroatoms. The first kappa shape index (κ1) is 11.3. The molecule has 1 rings (SSSR count). The number of hydrogen-bond donors (Lipinski definition) is 3. The zero-order chi connectivity index (χ0) is 10.2. The van der Waals surface area contributed by atoms with Crippen molar-refractivity contribution in [2.45, 2.75) is 12.8 Å². The first-order chi connectivity index (χ1) is 6.83. The molecule has 1 heterocycles. The van der Waals surface area contributed by atoms with Crippen LogP contribution in [0.1, 0.15) is 12.8 Å². The van der Waals surface area contributed by atoms with Gasteiger partial charge < -0.3 is 20.5 Å². The fourth-order valence-electron chi connectivity index (χ4n) is 1.40. The highest BCUT2D eigenvalue weighted by Gasteiger charge is 2.15. The van der Waals surface area contributed by atoms with Crippen LogP contribution in [0, 0.1) is 5.92 Å². The summed E-state index contributed by atoms with van der Waals surface area (Å²) in [7, 11) is 0. The predicted octanol–water partition coefficient (Wildman–Crippen LogP) is -0.296. The fourth-order valence-corrected chi connectivity index (χ4v) is 1.40. The van der Waals surface area contributed by atoms with E-state index >= 15 is 0 Å². The van der Waals surface area contributed by atoms with Crippen molar-refractivity contribution in [3.8, 4) is 0 Å². The highest BCUT2D eigenvalue weighted by atomic mass is 16.5. The third-order valence-electron chi connectivity index (χ3n) is 2.23. The largest absolute Gasteiger partial charge is 0.449 e. The van der Waals surface area contributed by atoms with E-state index in [2.05, 4.69) is 10.6 Å². The molecule has 0 bridgehead atoms. The van der Waals surface area contributed by atoms with Crippen LogP contribution in [0.15, 0.2) is 0 Å². The highest BCUT2D eigenvalue weighted by molar-refractivity contribution is 5.67. The van der Waals surface area contributed by atoms with Crippen LogP contribution in [0.4, 0.5) is 4.79 Å². The van der Waals surface area contributed by atoms with Crippen molar-refractivity contribution in [3.63, 3.8) is 0 Å². The van der Waals surface area contributed by atoms with E-state index in [-0.39, 0.29) is 19.3 Å². The summed E-state index contributed by atoms with van der Waals surface area (Å²) in [6.45, 7) is 3.01. The Hall–Kier alpha value is -0.810. The van der Waals surface area contributed by atoms with E-state index in [0.29, 0.717) is 18.9 Å². The highest BCUT2D eigenvalue weighted by Crippen LogP contribution is 2.05. The topological polar surface area (TPSA) is 70.6 Å². The van der Waals surface area contributed by atoms with Gasteiger partial charge in [-0.05, 0) is 25.4 Å². The van der Waals surface area contributed by atoms with Gasteiger partial charge in [-0.2, -0.15) is 0 Å². The lowest BCUT2D eigenvalue weighted by molar-refractivity contribution is 0.134. The lowest BCUT2D eigenvalue weighted by Gasteiger charge is -2.10. The van der Waals surface area contributed by atoms with E-state index in [4.69, 9.17) is 9.84 Å². The Bertz CT molecular complexity index is 169. The van der Waals surface area contributed by atoms with Crippen molar-refractivity contribution in [1.29, 1.82) is 0 Å². The Kier molecular flexibility index (Phi) is 5.32. The van der Waals surface area contributed by atoms with Crippen LogP contribution in [0.3, 0.4) is 0 Å². The van der Waals surface area contributed by atoms with Crippen molar-refractivity contribution in [2.75, 3.05) is 32.8 Å². The van der Waals surface area contributed by atoms with Crippen LogP contribution in [-0.4, -0.2) is 44.0 Å². The monoisotopic (exact) mass is 202 g/mol. The molecule has 0 radical (unpaired) electrons. The first-order valence-electron chi connectivity index (χ1n) is 5.05. The fraction of sp³-hybridized carbons (Fsp3) is 0.889. The molecular formula is C9H18N2O3. The van der Waals surface area contributed by atoms with Crippen LogP contribution >= 0.6 is 0 Å². The molecule has 1 unspecified atom stereocenters. The van der Waals surface area contributed by atoms with E-state index < -0.39 is 0 Å². The molecule has 1 aliphatic heterocycles. The van der Waals surface area contributed by atoms with E-state index in [1.54, 1.807) is 0 Å². The number of aliphatic hydroxyl groups excluding tert-OH is 1. The smallest absolute Gasteiger partial charge is 0.407 e. The second-order valence-electron chi connectivity index (χ2n) is 3.45. The van der Waals surface area contributed by atoms with Gasteiger partial charge in [-0.3, -0.25) is 0 Å². The van der Waals surface area contributed by atoms with Crippen LogP contribution in [0.25, 0.3) is 0 Å². The van der Waals surface area contributed by atoms with Gasteiger partial charge in [0.15, 0.2) is 0 Å². The Morgan fingerprint density at radius 3 is 3.14 bits per heavy atom. The molecule has 0 spiro atoms. The van der Waals surface area contributed by atoms with Crippen molar-refractivity contribution >= 4 is 6.09 Å². The average molecular weight is 202 g/mol. The van der Waals surface area contributed by atoms with Gasteiger partial charge in [-0.15, -0.1) is 0 Å². The molecule has 3 N–H and O–H groups in total. The zero-order valence-corrected chi connectivity index (χ0v) is 8.29. The standard InChI is InChI=1S/C9H18N2O3/c12-4-1-5-14-9(13)11-7-8-2-3-10-6-8/h8,10,12H,1-7H2,(H,11,13). The van der Waals surface area contributed by atoms with Crippen molar-refractivity contribution in [3.05, 3.63) is 0 Å². The SMILES string of the molecule is O=C(NCC1CCNC1)OCCCO. The molecule has 0 aromatic rings. The summed E-state index contributed by atoms with van der Waals surface area (Å²) in [5.74, 6) is 0.528. The average Bonchev–Trinajstić information content (AvgIpc) is 2.68. The van der Waals surface area contributed by atoms with Gasteiger partial charge in [0.05, 0.1) is 6.61 Å². The predicted molar refractivity (Wildman–Crippen MR) is 52.0 cm³/mol. The number of carbonyl (C=O) groups excluding carboxylic acids is 1. The van der Waals surface area contributed by atoms with Crippen molar-refractivity contribution in [2.24, 2.45) is 5.92 Å². The Labute approximate surface area is 83.8 Å². The number of nitrogens with one attached hydrogen (secondary N) is 2. The van der Waals surface area contributed by atoms with Gasteiger partial charge in [0.25, 0.3) is 0 Å². The molecule has 82 valence electrons. The summed E-state index contributed by atoms with van der Waals surface area (Å²) >= 11 is 0. The summed E-state index contributed by atoms with van der Waals surface area (Å²) in [6.07, 6.45) is 1.22. The number of hydrogen-bond acceptors (Lipinski definition) is 4. The van der Waals surface area contributed by atoms with E-state index in [9.17, 15) is 4.79 Å². The first-order valence-corrected chi connectivity index (χ1v) is 5.05. The van der Waals surface area contributed by atoms with Gasteiger partial charge in [-0.1, -0.05) is 0 Å². The third-order valence-corrected chi connectivity index (χ3v) is 2.23. The maximum atomic E-state index is 11.0. The molecule has 0 aromatic carbocycles. The summed E-state index contributed by atoms with van der Waals surface area (Å²) in [6, 6.07) is 0. The number of rotatable bonds is 5. The maximum Gasteiger partial charge on any atom is 0.407 e. The number of ether oxygens (including phenoxy) is 1. The van der Waals surface area contributed by atoms with E-state index in [1.807, 2.05) is 0 Å². The molecule has 0 aliphatic carbocycles. The summed E-state index contributed by atoms with van der Waals surface area (Å²) in [5.41, 5.74) is 0. The molecule has 0 saturated carbocycles. The minimum atomic E-state index is -0.384. The molecule has 1 saturated heterocycles. The lowest BCUT2D eigenvalue weighted by atomic mass is 10.1. The molecule has 5 nitrogen and oxygen atoms in total. The van der Waals surface area contributed by atoms with Crippen LogP contribution in [0.2, 0.25) is 0 Å². The van der Waals surface area contributed by atoms with Gasteiger partial charge in [0.2, 0.25) is 0 Å². The summed E-state index contributed by atoms with van der Waals surface area (Å²) in [4.78, 5) is 11.0. The molecule has 1 atom stereocenters. The maximum absolute atomic E-state index is 11.0. The molecule has 1 fully saturated rings. The van der Waals surface area contributed by atoms with Gasteiger partial charge in [-0.25, -0.2) is 4.79 Å². The number of aliphatic hydroxyl groups is 1. The van der Waals surface area contributed by atoms with Gasteiger partial charge in [0, 0.05) is 19.6 Å². The Morgan fingerprint density at radius 1 is 1.64 bits per heavy atom. The van der Waals surface area contributed by atoms with Crippen LogP contribution in [-0.2, 0) is 4.74 Å². The third kappa shape index (κ3) is 4.43. The second-order valence-corrected chi connectivity index (χ2v) is 3.45. The Balaban J connectivity index is 1.96. The van der Waals surface area contributed by atoms with E-state index in [1.165, 1.54) is 0 Å². The van der Waals surface area contributed by atoms with Crippen LogP contribution in [0.5, 0.6) is 0 Å². The van der Waals surface area contributed by atoms with Crippen LogP contribution < -0.4 is 10.6 Å². The van der Waals surface area contributed by atoms with Crippen molar-refractivity contribution < 1.29 is 14.6 Å². The van der Waals surface area contributed by atoms with E-state index in [0.717, 1.165) is 19.5 Å². The molecule has 1 aliphatic rings. The quantitative estimate of drug-likeness (QED) is 0.535.